The van der Waals surface area contributed by atoms with Crippen molar-refractivity contribution in [2.24, 2.45) is 0 Å². The second-order valence-corrected chi connectivity index (χ2v) is 6.99. The first-order valence-electron chi connectivity index (χ1n) is 9.65. The third kappa shape index (κ3) is 4.80. The minimum Gasteiger partial charge on any atom is -0.497 e. The molecule has 7 nitrogen and oxygen atoms in total. The third-order valence-corrected chi connectivity index (χ3v) is 5.20. The van der Waals surface area contributed by atoms with Gasteiger partial charge in [-0.05, 0) is 42.7 Å². The Labute approximate surface area is 171 Å². The van der Waals surface area contributed by atoms with E-state index in [0.717, 1.165) is 24.9 Å². The van der Waals surface area contributed by atoms with Crippen molar-refractivity contribution in [3.8, 4) is 11.5 Å². The summed E-state index contributed by atoms with van der Waals surface area (Å²) in [4.78, 5) is 26.6. The Hall–Kier alpha value is -3.22. The number of carbonyl (C=O) groups is 2. The van der Waals surface area contributed by atoms with Crippen molar-refractivity contribution in [2.75, 3.05) is 39.7 Å². The van der Waals surface area contributed by atoms with Crippen LogP contribution in [0.1, 0.15) is 34.7 Å². The Bertz CT molecular complexity index is 884. The molecule has 0 spiro atoms. The molecule has 154 valence electrons. The molecule has 3 amide bonds. The summed E-state index contributed by atoms with van der Waals surface area (Å²) in [5.74, 6) is 1.18. The highest BCUT2D eigenvalue weighted by molar-refractivity contribution is 6.05. The van der Waals surface area contributed by atoms with E-state index < -0.39 is 0 Å². The van der Waals surface area contributed by atoms with Crippen LogP contribution in [0.2, 0.25) is 0 Å². The predicted molar refractivity (Wildman–Crippen MR) is 112 cm³/mol. The number of methoxy groups -OCH3 is 2. The number of ether oxygens (including phenoxy) is 2. The van der Waals surface area contributed by atoms with Gasteiger partial charge in [-0.2, -0.15) is 0 Å². The molecule has 7 heteroatoms. The lowest BCUT2D eigenvalue weighted by atomic mass is 9.89. The molecule has 2 N–H and O–H groups in total. The van der Waals surface area contributed by atoms with Gasteiger partial charge in [-0.3, -0.25) is 4.79 Å². The van der Waals surface area contributed by atoms with Crippen LogP contribution in [0.25, 0.3) is 0 Å². The van der Waals surface area contributed by atoms with Crippen LogP contribution in [0.5, 0.6) is 11.5 Å². The highest BCUT2D eigenvalue weighted by Crippen LogP contribution is 2.30. The zero-order valence-electron chi connectivity index (χ0n) is 17.0. The number of amides is 3. The van der Waals surface area contributed by atoms with Crippen molar-refractivity contribution in [2.45, 2.75) is 18.8 Å². The van der Waals surface area contributed by atoms with Gasteiger partial charge in [-0.25, -0.2) is 4.79 Å². The lowest BCUT2D eigenvalue weighted by molar-refractivity contribution is 0.102. The molecule has 1 aliphatic rings. The highest BCUT2D eigenvalue weighted by atomic mass is 16.5. The van der Waals surface area contributed by atoms with E-state index in [-0.39, 0.29) is 17.9 Å². The van der Waals surface area contributed by atoms with Gasteiger partial charge in [-0.1, -0.05) is 12.1 Å². The minimum absolute atomic E-state index is 0.0600. The molecule has 0 aliphatic carbocycles. The number of piperidine rings is 1. The summed E-state index contributed by atoms with van der Waals surface area (Å²) in [5.41, 5.74) is 2.21. The molecule has 0 bridgehead atoms. The number of hydrogen-bond donors (Lipinski definition) is 2. The molecule has 29 heavy (non-hydrogen) atoms. The van der Waals surface area contributed by atoms with Crippen LogP contribution < -0.4 is 20.1 Å². The van der Waals surface area contributed by atoms with E-state index in [4.69, 9.17) is 9.47 Å². The summed E-state index contributed by atoms with van der Waals surface area (Å²) in [5, 5.41) is 5.59. The van der Waals surface area contributed by atoms with Gasteiger partial charge >= 0.3 is 6.03 Å². The van der Waals surface area contributed by atoms with Crippen LogP contribution in [0.4, 0.5) is 10.5 Å². The number of rotatable bonds is 5. The monoisotopic (exact) mass is 397 g/mol. The largest absolute Gasteiger partial charge is 0.497 e. The number of likely N-dealkylation sites (tertiary alicyclic amines) is 1. The molecule has 0 radical (unpaired) electrons. The number of nitrogens with one attached hydrogen (secondary N) is 2. The van der Waals surface area contributed by atoms with Crippen molar-refractivity contribution < 1.29 is 19.1 Å². The molecule has 2 aromatic carbocycles. The predicted octanol–water partition coefficient (Wildman–Crippen LogP) is 3.47. The van der Waals surface area contributed by atoms with Crippen molar-refractivity contribution in [1.29, 1.82) is 0 Å². The van der Waals surface area contributed by atoms with E-state index >= 15 is 0 Å². The van der Waals surface area contributed by atoms with E-state index in [9.17, 15) is 9.59 Å². The third-order valence-electron chi connectivity index (χ3n) is 5.20. The van der Waals surface area contributed by atoms with Gasteiger partial charge in [0.1, 0.15) is 11.5 Å². The quantitative estimate of drug-likeness (QED) is 0.810. The zero-order valence-corrected chi connectivity index (χ0v) is 17.0. The molecule has 1 unspecified atom stereocenters. The Morgan fingerprint density at radius 2 is 1.93 bits per heavy atom. The fourth-order valence-electron chi connectivity index (χ4n) is 3.62. The van der Waals surface area contributed by atoms with Gasteiger partial charge in [-0.15, -0.1) is 0 Å². The van der Waals surface area contributed by atoms with Crippen LogP contribution >= 0.6 is 0 Å². The number of benzene rings is 2. The molecule has 0 saturated carbocycles. The zero-order chi connectivity index (χ0) is 20.8. The molecular formula is C22H27N3O4. The Kier molecular flexibility index (Phi) is 6.59. The summed E-state index contributed by atoms with van der Waals surface area (Å²) in [6.45, 7) is 1.41. The van der Waals surface area contributed by atoms with Crippen molar-refractivity contribution >= 4 is 17.6 Å². The number of carbonyl (C=O) groups excluding carboxylic acids is 2. The van der Waals surface area contributed by atoms with E-state index in [2.05, 4.69) is 10.6 Å². The Balaban J connectivity index is 1.75. The van der Waals surface area contributed by atoms with Crippen LogP contribution in [0, 0.1) is 0 Å². The average Bonchev–Trinajstić information content (AvgIpc) is 2.78. The number of urea groups is 1. The number of hydrogen-bond acceptors (Lipinski definition) is 4. The van der Waals surface area contributed by atoms with Crippen LogP contribution in [0.3, 0.4) is 0 Å². The molecule has 0 aromatic heterocycles. The fraction of sp³-hybridized carbons (Fsp3) is 0.364. The van der Waals surface area contributed by atoms with Gasteiger partial charge in [0.15, 0.2) is 0 Å². The Morgan fingerprint density at radius 3 is 2.66 bits per heavy atom. The molecular weight excluding hydrogens is 370 g/mol. The smallest absolute Gasteiger partial charge is 0.317 e. The molecule has 1 atom stereocenters. The highest BCUT2D eigenvalue weighted by Gasteiger charge is 2.24. The fourth-order valence-corrected chi connectivity index (χ4v) is 3.62. The molecule has 1 saturated heterocycles. The van der Waals surface area contributed by atoms with Crippen LogP contribution in [0.15, 0.2) is 42.5 Å². The summed E-state index contributed by atoms with van der Waals surface area (Å²) >= 11 is 0. The number of nitrogens with zero attached hydrogens (tertiary/aromatic N) is 1. The second kappa shape index (κ2) is 9.32. The maximum absolute atomic E-state index is 12.8. The van der Waals surface area contributed by atoms with Crippen molar-refractivity contribution in [3.05, 3.63) is 53.6 Å². The first-order chi connectivity index (χ1) is 14.0. The van der Waals surface area contributed by atoms with Crippen molar-refractivity contribution in [3.63, 3.8) is 0 Å². The van der Waals surface area contributed by atoms with E-state index in [1.54, 1.807) is 45.5 Å². The summed E-state index contributed by atoms with van der Waals surface area (Å²) in [6.07, 6.45) is 1.93. The van der Waals surface area contributed by atoms with Gasteiger partial charge in [0.2, 0.25) is 0 Å². The molecule has 1 heterocycles. The number of anilines is 1. The summed E-state index contributed by atoms with van der Waals surface area (Å²) in [7, 11) is 4.77. The maximum atomic E-state index is 12.8. The summed E-state index contributed by atoms with van der Waals surface area (Å²) < 4.78 is 10.5. The van der Waals surface area contributed by atoms with E-state index in [0.29, 0.717) is 29.3 Å². The van der Waals surface area contributed by atoms with Crippen LogP contribution in [-0.4, -0.2) is 51.2 Å². The normalized spacial score (nSPS) is 16.1. The lowest BCUT2D eigenvalue weighted by Crippen LogP contribution is -2.43. The lowest BCUT2D eigenvalue weighted by Gasteiger charge is -2.32. The average molecular weight is 397 g/mol. The standard InChI is InChI=1S/C22H27N3O4/c1-23-22(27)25-11-5-8-17(14-25)15-6-4-7-16(12-15)21(26)24-19-10-9-18(28-2)13-20(19)29-3/h4,6-7,9-10,12-13,17H,5,8,11,14H2,1-3H3,(H,23,27)(H,24,26). The molecule has 1 fully saturated rings. The topological polar surface area (TPSA) is 79.9 Å². The minimum atomic E-state index is -0.214. The van der Waals surface area contributed by atoms with Crippen molar-refractivity contribution in [1.82, 2.24) is 10.2 Å². The Morgan fingerprint density at radius 1 is 1.10 bits per heavy atom. The first-order valence-corrected chi connectivity index (χ1v) is 9.65. The van der Waals surface area contributed by atoms with Gasteiger partial charge in [0.05, 0.1) is 19.9 Å². The second-order valence-electron chi connectivity index (χ2n) is 6.99. The molecule has 1 aliphatic heterocycles. The SMILES string of the molecule is CNC(=O)N1CCCC(c2cccc(C(=O)Nc3ccc(OC)cc3OC)c2)C1. The first kappa shape index (κ1) is 20.5. The van der Waals surface area contributed by atoms with E-state index in [1.165, 1.54) is 0 Å². The van der Waals surface area contributed by atoms with Gasteiger partial charge < -0.3 is 25.0 Å². The molecule has 3 rings (SSSR count). The maximum Gasteiger partial charge on any atom is 0.317 e. The van der Waals surface area contributed by atoms with Crippen LogP contribution in [-0.2, 0) is 0 Å². The van der Waals surface area contributed by atoms with Gasteiger partial charge in [0.25, 0.3) is 5.91 Å². The summed E-state index contributed by atoms with van der Waals surface area (Å²) in [6, 6.07) is 12.8. The van der Waals surface area contributed by atoms with Gasteiger partial charge in [0, 0.05) is 37.7 Å². The molecule has 2 aromatic rings. The van der Waals surface area contributed by atoms with E-state index in [1.807, 2.05) is 23.1 Å².